The van der Waals surface area contributed by atoms with Gasteiger partial charge in [0.15, 0.2) is 12.1 Å². The molecule has 1 aromatic heterocycles. The van der Waals surface area contributed by atoms with E-state index in [1.54, 1.807) is 0 Å². The van der Waals surface area contributed by atoms with Gasteiger partial charge < -0.3 is 9.72 Å². The zero-order valence-electron chi connectivity index (χ0n) is 9.24. The van der Waals surface area contributed by atoms with Gasteiger partial charge in [-0.1, -0.05) is 0 Å². The first-order valence-electron chi connectivity index (χ1n) is 5.18. The monoisotopic (exact) mass is 294 g/mol. The lowest BCUT2D eigenvalue weighted by atomic mass is 10.2. The van der Waals surface area contributed by atoms with Crippen LogP contribution in [0.3, 0.4) is 0 Å². The van der Waals surface area contributed by atoms with Crippen LogP contribution in [0, 0.1) is 0 Å². The van der Waals surface area contributed by atoms with E-state index in [4.69, 9.17) is 4.74 Å². The summed E-state index contributed by atoms with van der Waals surface area (Å²) in [7, 11) is 0. The molecule has 0 spiro atoms. The second-order valence-corrected chi connectivity index (χ2v) is 4.15. The van der Waals surface area contributed by atoms with E-state index < -0.39 is 0 Å². The van der Waals surface area contributed by atoms with Crippen LogP contribution in [0.4, 0.5) is 0 Å². The number of hydrogen-bond acceptors (Lipinski definition) is 3. The second kappa shape index (κ2) is 5.14. The van der Waals surface area contributed by atoms with Gasteiger partial charge in [-0.15, -0.1) is 0 Å². The normalized spacial score (nSPS) is 10.2. The third-order valence-electron chi connectivity index (χ3n) is 2.23. The fourth-order valence-electron chi connectivity index (χ4n) is 1.49. The smallest absolute Gasteiger partial charge is 0.185 e. The number of rotatable bonds is 4. The zero-order valence-corrected chi connectivity index (χ0v) is 10.8. The number of halogens is 1. The summed E-state index contributed by atoms with van der Waals surface area (Å²) in [4.78, 5) is 17.6. The fourth-order valence-corrected chi connectivity index (χ4v) is 2.01. The summed E-state index contributed by atoms with van der Waals surface area (Å²) in [5.41, 5.74) is 1.64. The molecule has 0 saturated heterocycles. The number of aromatic nitrogens is 2. The highest BCUT2D eigenvalue weighted by atomic mass is 79.9. The number of imidazole rings is 1. The van der Waals surface area contributed by atoms with Crippen molar-refractivity contribution in [1.82, 2.24) is 9.97 Å². The minimum Gasteiger partial charge on any atom is -0.494 e. The van der Waals surface area contributed by atoms with Gasteiger partial charge >= 0.3 is 0 Å². The highest BCUT2D eigenvalue weighted by molar-refractivity contribution is 9.10. The number of aromatic amines is 1. The molecule has 1 heterocycles. The molecule has 1 N–H and O–H groups in total. The summed E-state index contributed by atoms with van der Waals surface area (Å²) >= 11 is 3.34. The number of nitrogens with one attached hydrogen (secondary N) is 1. The van der Waals surface area contributed by atoms with Crippen LogP contribution in [0.5, 0.6) is 5.75 Å². The molecule has 0 fully saturated rings. The van der Waals surface area contributed by atoms with Gasteiger partial charge in [-0.2, -0.15) is 0 Å². The summed E-state index contributed by atoms with van der Waals surface area (Å²) in [5, 5.41) is 0. The average molecular weight is 295 g/mol. The predicted molar refractivity (Wildman–Crippen MR) is 68.3 cm³/mol. The molecule has 17 heavy (non-hydrogen) atoms. The minimum atomic E-state index is 0.306. The first-order chi connectivity index (χ1) is 8.24. The van der Waals surface area contributed by atoms with Crippen LogP contribution in [0.2, 0.25) is 0 Å². The number of H-pyrrole nitrogens is 1. The molecule has 0 aliphatic carbocycles. The molecule has 88 valence electrons. The van der Waals surface area contributed by atoms with Gasteiger partial charge in [0.05, 0.1) is 6.61 Å². The third-order valence-corrected chi connectivity index (χ3v) is 2.80. The Hall–Kier alpha value is -1.62. The summed E-state index contributed by atoms with van der Waals surface area (Å²) in [6.45, 7) is 2.58. The largest absolute Gasteiger partial charge is 0.494 e. The molecule has 2 rings (SSSR count). The van der Waals surface area contributed by atoms with Crippen LogP contribution in [-0.2, 0) is 0 Å². The van der Waals surface area contributed by atoms with Gasteiger partial charge in [0.2, 0.25) is 0 Å². The van der Waals surface area contributed by atoms with Gasteiger partial charge in [0, 0.05) is 5.56 Å². The number of nitrogens with zero attached hydrogens (tertiary/aromatic N) is 1. The lowest BCUT2D eigenvalue weighted by Gasteiger charge is -2.03. The van der Waals surface area contributed by atoms with Crippen LogP contribution in [0.25, 0.3) is 11.3 Å². The standard InChI is InChI=1S/C12H11BrN2O2/c1-2-17-9-5-3-8(4-6-9)11-12(13)15-10(7-16)14-11/h3-7H,2H2,1H3,(H,14,15). The maximum Gasteiger partial charge on any atom is 0.185 e. The third kappa shape index (κ3) is 2.55. The van der Waals surface area contributed by atoms with Crippen LogP contribution in [-0.4, -0.2) is 22.9 Å². The number of carbonyl (C=O) groups is 1. The van der Waals surface area contributed by atoms with E-state index in [-0.39, 0.29) is 0 Å². The van der Waals surface area contributed by atoms with Crippen molar-refractivity contribution >= 4 is 22.2 Å². The molecule has 0 radical (unpaired) electrons. The number of benzene rings is 1. The number of carbonyl (C=O) groups excluding carboxylic acids is 1. The Morgan fingerprint density at radius 2 is 2.12 bits per heavy atom. The molecule has 0 saturated carbocycles. The number of hydrogen-bond donors (Lipinski definition) is 1. The maximum absolute atomic E-state index is 10.6. The van der Waals surface area contributed by atoms with Crippen molar-refractivity contribution in [2.45, 2.75) is 6.92 Å². The average Bonchev–Trinajstić information content (AvgIpc) is 2.72. The first-order valence-corrected chi connectivity index (χ1v) is 5.97. The molecule has 0 aliphatic rings. The molecule has 4 nitrogen and oxygen atoms in total. The molecule has 2 aromatic rings. The van der Waals surface area contributed by atoms with Crippen LogP contribution >= 0.6 is 15.9 Å². The van der Waals surface area contributed by atoms with E-state index in [0.29, 0.717) is 23.3 Å². The molecule has 0 bridgehead atoms. The van der Waals surface area contributed by atoms with E-state index in [2.05, 4.69) is 25.9 Å². The van der Waals surface area contributed by atoms with Crippen LogP contribution in [0.1, 0.15) is 17.5 Å². The minimum absolute atomic E-state index is 0.306. The van der Waals surface area contributed by atoms with E-state index in [0.717, 1.165) is 17.0 Å². The lowest BCUT2D eigenvalue weighted by Crippen LogP contribution is -1.90. The summed E-state index contributed by atoms with van der Waals surface area (Å²) in [6, 6.07) is 7.56. The predicted octanol–water partition coefficient (Wildman–Crippen LogP) is 3.05. The van der Waals surface area contributed by atoms with Crippen LogP contribution < -0.4 is 4.74 Å². The van der Waals surface area contributed by atoms with Gasteiger partial charge in [-0.3, -0.25) is 4.79 Å². The highest BCUT2D eigenvalue weighted by Crippen LogP contribution is 2.27. The Kier molecular flexibility index (Phi) is 3.58. The van der Waals surface area contributed by atoms with Gasteiger partial charge in [-0.05, 0) is 47.1 Å². The van der Waals surface area contributed by atoms with Crippen molar-refractivity contribution in [2.24, 2.45) is 0 Å². The number of aldehydes is 1. The number of ether oxygens (including phenoxy) is 1. The van der Waals surface area contributed by atoms with E-state index in [9.17, 15) is 4.79 Å². The summed E-state index contributed by atoms with van der Waals surface area (Å²) in [5.74, 6) is 1.12. The molecule has 0 aliphatic heterocycles. The molecule has 0 amide bonds. The topological polar surface area (TPSA) is 55.0 Å². The van der Waals surface area contributed by atoms with Crippen molar-refractivity contribution in [1.29, 1.82) is 0 Å². The van der Waals surface area contributed by atoms with Gasteiger partial charge in [0.1, 0.15) is 16.0 Å². The second-order valence-electron chi connectivity index (χ2n) is 3.36. The fraction of sp³-hybridized carbons (Fsp3) is 0.167. The first kappa shape index (κ1) is 11.9. The molecule has 0 atom stereocenters. The lowest BCUT2D eigenvalue weighted by molar-refractivity contribution is 0.111. The maximum atomic E-state index is 10.6. The molecular weight excluding hydrogens is 284 g/mol. The Morgan fingerprint density at radius 1 is 1.41 bits per heavy atom. The van der Waals surface area contributed by atoms with Crippen molar-refractivity contribution in [3.63, 3.8) is 0 Å². The zero-order chi connectivity index (χ0) is 12.3. The summed E-state index contributed by atoms with van der Waals surface area (Å²) in [6.07, 6.45) is 0.683. The van der Waals surface area contributed by atoms with Crippen molar-refractivity contribution < 1.29 is 9.53 Å². The van der Waals surface area contributed by atoms with Crippen molar-refractivity contribution in [3.8, 4) is 17.0 Å². The Balaban J connectivity index is 2.32. The van der Waals surface area contributed by atoms with Crippen molar-refractivity contribution in [3.05, 3.63) is 34.7 Å². The molecule has 5 heteroatoms. The van der Waals surface area contributed by atoms with Crippen LogP contribution in [0.15, 0.2) is 28.9 Å². The molecular formula is C12H11BrN2O2. The van der Waals surface area contributed by atoms with Gasteiger partial charge in [-0.25, -0.2) is 4.98 Å². The highest BCUT2D eigenvalue weighted by Gasteiger charge is 2.09. The molecule has 1 aromatic carbocycles. The van der Waals surface area contributed by atoms with E-state index in [1.807, 2.05) is 31.2 Å². The SMILES string of the molecule is CCOc1ccc(-c2nc(C=O)[nH]c2Br)cc1. The van der Waals surface area contributed by atoms with E-state index in [1.165, 1.54) is 0 Å². The van der Waals surface area contributed by atoms with Crippen molar-refractivity contribution in [2.75, 3.05) is 6.61 Å². The summed E-state index contributed by atoms with van der Waals surface area (Å²) < 4.78 is 6.06. The Labute approximate surface area is 107 Å². The van der Waals surface area contributed by atoms with E-state index >= 15 is 0 Å². The van der Waals surface area contributed by atoms with Gasteiger partial charge in [0.25, 0.3) is 0 Å². The molecule has 0 unspecified atom stereocenters. The quantitative estimate of drug-likeness (QED) is 0.882. The Bertz CT molecular complexity index is 520. The Morgan fingerprint density at radius 3 is 2.65 bits per heavy atom.